The number of carbonyl (C=O) groups is 2. The highest BCUT2D eigenvalue weighted by Crippen LogP contribution is 2.27. The first-order valence-electron chi connectivity index (χ1n) is 8.95. The summed E-state index contributed by atoms with van der Waals surface area (Å²) in [4.78, 5) is 24.0. The molecule has 0 fully saturated rings. The van der Waals surface area contributed by atoms with Gasteiger partial charge < -0.3 is 10.6 Å². The summed E-state index contributed by atoms with van der Waals surface area (Å²) in [6.07, 6.45) is 0. The highest BCUT2D eigenvalue weighted by atomic mass is 35.5. The highest BCUT2D eigenvalue weighted by Gasteiger charge is 2.19. The molecule has 3 aromatic rings. The zero-order valence-corrected chi connectivity index (χ0v) is 18.3. The summed E-state index contributed by atoms with van der Waals surface area (Å²) in [6.45, 7) is -0.213. The summed E-state index contributed by atoms with van der Waals surface area (Å²) in [7, 11) is -3.97. The number of benzene rings is 3. The number of carbonyl (C=O) groups excluding carboxylic acids is 2. The molecule has 160 valence electrons. The Balaban J connectivity index is 1.60. The van der Waals surface area contributed by atoms with Gasteiger partial charge in [0.15, 0.2) is 0 Å². The van der Waals surface area contributed by atoms with E-state index in [2.05, 4.69) is 15.4 Å². The average molecular weight is 478 g/mol. The van der Waals surface area contributed by atoms with Gasteiger partial charge in [-0.2, -0.15) is 0 Å². The number of amides is 2. The van der Waals surface area contributed by atoms with Gasteiger partial charge in [-0.1, -0.05) is 41.4 Å². The molecule has 0 atom stereocenters. The molecule has 3 aromatic carbocycles. The van der Waals surface area contributed by atoms with Crippen molar-refractivity contribution in [3.05, 3.63) is 88.4 Å². The van der Waals surface area contributed by atoms with Gasteiger partial charge in [-0.3, -0.25) is 14.3 Å². The van der Waals surface area contributed by atoms with Gasteiger partial charge in [0.2, 0.25) is 5.91 Å². The molecule has 0 aliphatic carbocycles. The molecule has 3 N–H and O–H groups in total. The number of sulfonamides is 1. The Bertz CT molecular complexity index is 1200. The van der Waals surface area contributed by atoms with Crippen LogP contribution in [0.3, 0.4) is 0 Å². The quantitative estimate of drug-likeness (QED) is 0.474. The molecule has 0 unspecified atom stereocenters. The Morgan fingerprint density at radius 3 is 2.19 bits per heavy atom. The molecule has 0 aliphatic rings. The van der Waals surface area contributed by atoms with E-state index in [1.807, 2.05) is 6.07 Å². The zero-order chi connectivity index (χ0) is 22.4. The first-order valence-corrected chi connectivity index (χ1v) is 11.2. The van der Waals surface area contributed by atoms with Crippen LogP contribution in [0, 0.1) is 0 Å². The normalized spacial score (nSPS) is 10.9. The van der Waals surface area contributed by atoms with Crippen molar-refractivity contribution in [3.63, 3.8) is 0 Å². The molecule has 31 heavy (non-hydrogen) atoms. The summed E-state index contributed by atoms with van der Waals surface area (Å²) in [5, 5.41) is 5.42. The monoisotopic (exact) mass is 477 g/mol. The van der Waals surface area contributed by atoms with E-state index in [-0.39, 0.29) is 38.6 Å². The third kappa shape index (κ3) is 6.21. The number of para-hydroxylation sites is 1. The second kappa shape index (κ2) is 9.82. The van der Waals surface area contributed by atoms with Crippen molar-refractivity contribution in [1.82, 2.24) is 5.32 Å². The van der Waals surface area contributed by atoms with Gasteiger partial charge in [-0.05, 0) is 54.6 Å². The fourth-order valence-corrected chi connectivity index (χ4v) is 4.39. The van der Waals surface area contributed by atoms with Crippen LogP contribution < -0.4 is 15.4 Å². The van der Waals surface area contributed by atoms with Gasteiger partial charge in [0.05, 0.1) is 11.6 Å². The Morgan fingerprint density at radius 1 is 0.839 bits per heavy atom. The van der Waals surface area contributed by atoms with Crippen LogP contribution in [-0.2, 0) is 14.8 Å². The van der Waals surface area contributed by atoms with E-state index in [0.717, 1.165) is 0 Å². The summed E-state index contributed by atoms with van der Waals surface area (Å²) >= 11 is 11.8. The second-order valence-electron chi connectivity index (χ2n) is 6.35. The van der Waals surface area contributed by atoms with Gasteiger partial charge in [0.25, 0.3) is 15.9 Å². The molecule has 10 heteroatoms. The molecule has 0 saturated heterocycles. The lowest BCUT2D eigenvalue weighted by molar-refractivity contribution is -0.115. The summed E-state index contributed by atoms with van der Waals surface area (Å²) in [5.41, 5.74) is 1.11. The number of anilines is 2. The topological polar surface area (TPSA) is 104 Å². The van der Waals surface area contributed by atoms with Crippen LogP contribution >= 0.6 is 23.2 Å². The SMILES string of the molecule is O=C(CNC(=O)c1ccc(NS(=O)(=O)c2cc(Cl)ccc2Cl)cc1)Nc1ccccc1. The lowest BCUT2D eigenvalue weighted by Crippen LogP contribution is -2.32. The van der Waals surface area contributed by atoms with Gasteiger partial charge in [0.1, 0.15) is 4.90 Å². The standard InChI is InChI=1S/C21H17Cl2N3O4S/c22-15-8-11-18(23)19(12-15)31(29,30)26-17-9-6-14(7-10-17)21(28)24-13-20(27)25-16-4-2-1-3-5-16/h1-12,26H,13H2,(H,24,28)(H,25,27). The molecule has 7 nitrogen and oxygen atoms in total. The first kappa shape index (κ1) is 22.6. The predicted molar refractivity (Wildman–Crippen MR) is 121 cm³/mol. The maximum atomic E-state index is 12.5. The smallest absolute Gasteiger partial charge is 0.263 e. The van der Waals surface area contributed by atoms with Crippen molar-refractivity contribution in [1.29, 1.82) is 0 Å². The van der Waals surface area contributed by atoms with E-state index in [9.17, 15) is 18.0 Å². The van der Waals surface area contributed by atoms with Crippen molar-refractivity contribution in [2.45, 2.75) is 4.90 Å². The first-order chi connectivity index (χ1) is 14.7. The lowest BCUT2D eigenvalue weighted by Gasteiger charge is -2.11. The number of nitrogens with one attached hydrogen (secondary N) is 3. The third-order valence-electron chi connectivity index (χ3n) is 4.05. The van der Waals surface area contributed by atoms with E-state index in [4.69, 9.17) is 23.2 Å². The minimum Gasteiger partial charge on any atom is -0.343 e. The van der Waals surface area contributed by atoms with Crippen LogP contribution in [0.15, 0.2) is 77.7 Å². The zero-order valence-electron chi connectivity index (χ0n) is 15.9. The van der Waals surface area contributed by atoms with Crippen LogP contribution in [0.4, 0.5) is 11.4 Å². The Morgan fingerprint density at radius 2 is 1.52 bits per heavy atom. The summed E-state index contributed by atoms with van der Waals surface area (Å²) in [5.74, 6) is -0.849. The molecule has 0 heterocycles. The molecule has 0 aromatic heterocycles. The second-order valence-corrected chi connectivity index (χ2v) is 8.85. The van der Waals surface area contributed by atoms with Crippen molar-refractivity contribution in [3.8, 4) is 0 Å². The van der Waals surface area contributed by atoms with Gasteiger partial charge in [0, 0.05) is 22.0 Å². The molecule has 2 amide bonds. The van der Waals surface area contributed by atoms with Crippen LogP contribution in [-0.4, -0.2) is 26.8 Å². The molecule has 3 rings (SSSR count). The third-order valence-corrected chi connectivity index (χ3v) is 6.15. The van der Waals surface area contributed by atoms with E-state index in [0.29, 0.717) is 5.69 Å². The Labute approximate surface area is 189 Å². The average Bonchev–Trinajstić information content (AvgIpc) is 2.74. The molecular formula is C21H17Cl2N3O4S. The number of hydrogen-bond donors (Lipinski definition) is 3. The largest absolute Gasteiger partial charge is 0.343 e. The van der Waals surface area contributed by atoms with Crippen molar-refractivity contribution in [2.24, 2.45) is 0 Å². The highest BCUT2D eigenvalue weighted by molar-refractivity contribution is 7.92. The van der Waals surface area contributed by atoms with Gasteiger partial charge in [-0.15, -0.1) is 0 Å². The van der Waals surface area contributed by atoms with Crippen molar-refractivity contribution >= 4 is 56.4 Å². The fraction of sp³-hybridized carbons (Fsp3) is 0.0476. The molecule has 0 bridgehead atoms. The maximum Gasteiger partial charge on any atom is 0.263 e. The molecule has 0 radical (unpaired) electrons. The van der Waals surface area contributed by atoms with Crippen LogP contribution in [0.1, 0.15) is 10.4 Å². The number of hydrogen-bond acceptors (Lipinski definition) is 4. The summed E-state index contributed by atoms with van der Waals surface area (Å²) in [6, 6.07) is 18.7. The molecular weight excluding hydrogens is 461 g/mol. The maximum absolute atomic E-state index is 12.5. The predicted octanol–water partition coefficient (Wildman–Crippen LogP) is 4.16. The van der Waals surface area contributed by atoms with Gasteiger partial charge >= 0.3 is 0 Å². The Kier molecular flexibility index (Phi) is 7.17. The number of rotatable bonds is 7. The van der Waals surface area contributed by atoms with E-state index >= 15 is 0 Å². The summed E-state index contributed by atoms with van der Waals surface area (Å²) < 4.78 is 27.5. The molecule has 0 saturated carbocycles. The lowest BCUT2D eigenvalue weighted by atomic mass is 10.2. The van der Waals surface area contributed by atoms with Crippen LogP contribution in [0.2, 0.25) is 10.0 Å². The van der Waals surface area contributed by atoms with E-state index < -0.39 is 15.9 Å². The molecule has 0 aliphatic heterocycles. The van der Waals surface area contributed by atoms with Crippen molar-refractivity contribution in [2.75, 3.05) is 16.6 Å². The fourth-order valence-electron chi connectivity index (χ4n) is 2.57. The van der Waals surface area contributed by atoms with Crippen LogP contribution in [0.5, 0.6) is 0 Å². The Hall–Kier alpha value is -3.07. The van der Waals surface area contributed by atoms with Crippen LogP contribution in [0.25, 0.3) is 0 Å². The minimum absolute atomic E-state index is 0.0293. The van der Waals surface area contributed by atoms with Crippen molar-refractivity contribution < 1.29 is 18.0 Å². The molecule has 0 spiro atoms. The minimum atomic E-state index is -3.97. The van der Waals surface area contributed by atoms with E-state index in [1.54, 1.807) is 24.3 Å². The number of halogens is 2. The van der Waals surface area contributed by atoms with Gasteiger partial charge in [-0.25, -0.2) is 8.42 Å². The van der Waals surface area contributed by atoms with E-state index in [1.165, 1.54) is 42.5 Å².